The predicted octanol–water partition coefficient (Wildman–Crippen LogP) is 4.51. The van der Waals surface area contributed by atoms with Gasteiger partial charge in [0.15, 0.2) is 11.5 Å². The third-order valence-electron chi connectivity index (χ3n) is 5.17. The molecule has 0 saturated carbocycles. The summed E-state index contributed by atoms with van der Waals surface area (Å²) >= 11 is 6.32. The van der Waals surface area contributed by atoms with Crippen LogP contribution in [0.5, 0.6) is 0 Å². The molecule has 2 N–H and O–H groups in total. The Labute approximate surface area is 181 Å². The molecule has 31 heavy (non-hydrogen) atoms. The van der Waals surface area contributed by atoms with Crippen LogP contribution in [0.1, 0.15) is 23.1 Å². The van der Waals surface area contributed by atoms with E-state index < -0.39 is 23.7 Å². The van der Waals surface area contributed by atoms with Gasteiger partial charge in [0.05, 0.1) is 0 Å². The Kier molecular flexibility index (Phi) is 5.18. The minimum absolute atomic E-state index is 0.0973. The number of pyridine rings is 1. The summed E-state index contributed by atoms with van der Waals surface area (Å²) in [7, 11) is 1.43. The van der Waals surface area contributed by atoms with E-state index in [1.54, 1.807) is 30.3 Å². The van der Waals surface area contributed by atoms with E-state index in [2.05, 4.69) is 9.98 Å². The standard InChI is InChI=1S/C22H16ClF3N4O/c1-30-20(31)22(29-21(30)27,15-7-13(19(25)26)10-28-11-15)14-6-12(8-16(23)9-14)17-4-2-3-5-18(17)24/h2-11,19H,1H3,(H2,27,29). The van der Waals surface area contributed by atoms with Gasteiger partial charge in [-0.15, -0.1) is 0 Å². The van der Waals surface area contributed by atoms with Crippen molar-refractivity contribution < 1.29 is 18.0 Å². The van der Waals surface area contributed by atoms with Crippen molar-refractivity contribution in [1.29, 1.82) is 0 Å². The van der Waals surface area contributed by atoms with E-state index in [9.17, 15) is 18.0 Å². The maximum absolute atomic E-state index is 14.4. The predicted molar refractivity (Wildman–Crippen MR) is 111 cm³/mol. The molecule has 0 bridgehead atoms. The number of nitrogens with two attached hydrogens (primary N) is 1. The molecule has 1 aromatic heterocycles. The molecule has 1 aliphatic rings. The van der Waals surface area contributed by atoms with Gasteiger partial charge in [-0.2, -0.15) is 0 Å². The largest absolute Gasteiger partial charge is 0.369 e. The average Bonchev–Trinajstić information content (AvgIpc) is 2.98. The Hall–Kier alpha value is -3.39. The molecule has 1 unspecified atom stereocenters. The third kappa shape index (κ3) is 3.42. The highest BCUT2D eigenvalue weighted by Gasteiger charge is 2.50. The van der Waals surface area contributed by atoms with Crippen LogP contribution in [-0.4, -0.2) is 28.8 Å². The number of aliphatic imine (C=N–C) groups is 1. The normalized spacial score (nSPS) is 18.6. The van der Waals surface area contributed by atoms with E-state index in [-0.39, 0.29) is 33.2 Å². The number of benzene rings is 2. The molecular weight excluding hydrogens is 429 g/mol. The number of hydrogen-bond donors (Lipinski definition) is 1. The van der Waals surface area contributed by atoms with Gasteiger partial charge in [0.1, 0.15) is 5.82 Å². The van der Waals surface area contributed by atoms with Crippen molar-refractivity contribution in [1.82, 2.24) is 9.88 Å². The second-order valence-corrected chi connectivity index (χ2v) is 7.50. The van der Waals surface area contributed by atoms with Crippen LogP contribution < -0.4 is 5.73 Å². The van der Waals surface area contributed by atoms with E-state index in [1.165, 1.54) is 25.4 Å². The van der Waals surface area contributed by atoms with Crippen LogP contribution in [0, 0.1) is 5.82 Å². The summed E-state index contributed by atoms with van der Waals surface area (Å²) in [5, 5.41) is 0.212. The zero-order chi connectivity index (χ0) is 22.3. The number of aromatic nitrogens is 1. The number of nitrogens with zero attached hydrogens (tertiary/aromatic N) is 3. The number of amides is 1. The van der Waals surface area contributed by atoms with Crippen LogP contribution in [0.2, 0.25) is 5.02 Å². The number of hydrogen-bond acceptors (Lipinski definition) is 4. The first kappa shape index (κ1) is 20.9. The molecule has 0 spiro atoms. The lowest BCUT2D eigenvalue weighted by Crippen LogP contribution is -2.41. The molecule has 0 radical (unpaired) electrons. The molecule has 5 nitrogen and oxygen atoms in total. The van der Waals surface area contributed by atoms with E-state index in [0.717, 1.165) is 17.2 Å². The average molecular weight is 445 g/mol. The van der Waals surface area contributed by atoms with Crippen molar-refractivity contribution in [2.24, 2.45) is 10.7 Å². The minimum Gasteiger partial charge on any atom is -0.369 e. The number of carbonyl (C=O) groups is 1. The maximum Gasteiger partial charge on any atom is 0.266 e. The van der Waals surface area contributed by atoms with Gasteiger partial charge in [0, 0.05) is 41.2 Å². The fourth-order valence-corrected chi connectivity index (χ4v) is 3.84. The fourth-order valence-electron chi connectivity index (χ4n) is 3.61. The summed E-state index contributed by atoms with van der Waals surface area (Å²) in [5.41, 5.74) is 4.77. The third-order valence-corrected chi connectivity index (χ3v) is 5.39. The Bertz CT molecular complexity index is 1220. The lowest BCUT2D eigenvalue weighted by atomic mass is 9.82. The lowest BCUT2D eigenvalue weighted by molar-refractivity contribution is -0.129. The summed E-state index contributed by atoms with van der Waals surface area (Å²) in [6.45, 7) is 0. The van der Waals surface area contributed by atoms with Crippen LogP contribution in [0.15, 0.2) is 65.9 Å². The summed E-state index contributed by atoms with van der Waals surface area (Å²) in [6.07, 6.45) is -0.502. The van der Waals surface area contributed by atoms with E-state index in [0.29, 0.717) is 5.56 Å². The van der Waals surface area contributed by atoms with Gasteiger partial charge in [-0.3, -0.25) is 14.7 Å². The quantitative estimate of drug-likeness (QED) is 0.643. The van der Waals surface area contributed by atoms with Crippen LogP contribution in [0.25, 0.3) is 11.1 Å². The Morgan fingerprint density at radius 3 is 2.48 bits per heavy atom. The van der Waals surface area contributed by atoms with Crippen LogP contribution in [-0.2, 0) is 10.3 Å². The van der Waals surface area contributed by atoms with Gasteiger partial charge in [-0.05, 0) is 41.5 Å². The fraction of sp³-hybridized carbons (Fsp3) is 0.136. The van der Waals surface area contributed by atoms with Gasteiger partial charge in [0.2, 0.25) is 0 Å². The monoisotopic (exact) mass is 444 g/mol. The number of halogens is 4. The second-order valence-electron chi connectivity index (χ2n) is 7.06. The van der Waals surface area contributed by atoms with E-state index in [4.69, 9.17) is 17.3 Å². The molecule has 9 heteroatoms. The molecule has 2 aromatic carbocycles. The first-order valence-electron chi connectivity index (χ1n) is 9.17. The number of guanidine groups is 1. The zero-order valence-corrected chi connectivity index (χ0v) is 16.9. The lowest BCUT2D eigenvalue weighted by Gasteiger charge is -2.27. The summed E-state index contributed by atoms with van der Waals surface area (Å²) in [4.78, 5) is 22.7. The molecule has 158 valence electrons. The topological polar surface area (TPSA) is 71.6 Å². The summed E-state index contributed by atoms with van der Waals surface area (Å²) in [6, 6.07) is 11.8. The molecule has 0 aliphatic carbocycles. The summed E-state index contributed by atoms with van der Waals surface area (Å²) < 4.78 is 41.1. The molecule has 0 saturated heterocycles. The Morgan fingerprint density at radius 1 is 1.10 bits per heavy atom. The van der Waals surface area contributed by atoms with Crippen LogP contribution in [0.3, 0.4) is 0 Å². The molecule has 1 atom stereocenters. The Morgan fingerprint density at radius 2 is 1.84 bits per heavy atom. The summed E-state index contributed by atoms with van der Waals surface area (Å²) in [5.74, 6) is -1.15. The van der Waals surface area contributed by atoms with Crippen molar-refractivity contribution in [2.45, 2.75) is 12.0 Å². The number of alkyl halides is 2. The number of carbonyl (C=O) groups excluding carboxylic acids is 1. The molecule has 1 amide bonds. The number of rotatable bonds is 4. The maximum atomic E-state index is 14.4. The van der Waals surface area contributed by atoms with Crippen molar-refractivity contribution in [3.05, 3.63) is 88.5 Å². The molecule has 0 fully saturated rings. The highest BCUT2D eigenvalue weighted by Crippen LogP contribution is 2.42. The number of likely N-dealkylation sites (N-methyl/N-ethyl adjacent to an activating group) is 1. The van der Waals surface area contributed by atoms with Crippen molar-refractivity contribution in [3.63, 3.8) is 0 Å². The smallest absolute Gasteiger partial charge is 0.266 e. The molecular formula is C22H16ClF3N4O. The molecule has 1 aliphatic heterocycles. The van der Waals surface area contributed by atoms with Gasteiger partial charge >= 0.3 is 0 Å². The zero-order valence-electron chi connectivity index (χ0n) is 16.2. The second kappa shape index (κ2) is 7.70. The van der Waals surface area contributed by atoms with Gasteiger partial charge in [-0.25, -0.2) is 18.2 Å². The molecule has 2 heterocycles. The van der Waals surface area contributed by atoms with Gasteiger partial charge < -0.3 is 5.73 Å². The van der Waals surface area contributed by atoms with E-state index in [1.807, 2.05) is 0 Å². The highest BCUT2D eigenvalue weighted by atomic mass is 35.5. The molecule has 4 rings (SSSR count). The highest BCUT2D eigenvalue weighted by molar-refractivity contribution is 6.31. The van der Waals surface area contributed by atoms with Crippen molar-refractivity contribution in [2.75, 3.05) is 7.05 Å². The minimum atomic E-state index is -2.80. The Balaban J connectivity index is 2.00. The van der Waals surface area contributed by atoms with Gasteiger partial charge in [-0.1, -0.05) is 29.8 Å². The molecule has 3 aromatic rings. The SMILES string of the molecule is CN1C(=O)C(c2cc(Cl)cc(-c3ccccc3F)c2)(c2cncc(C(F)F)c2)N=C1N. The van der Waals surface area contributed by atoms with E-state index >= 15 is 0 Å². The van der Waals surface area contributed by atoms with Crippen LogP contribution >= 0.6 is 11.6 Å². The van der Waals surface area contributed by atoms with Gasteiger partial charge in [0.25, 0.3) is 12.3 Å². The van der Waals surface area contributed by atoms with Crippen molar-refractivity contribution in [3.8, 4) is 11.1 Å². The first-order chi connectivity index (χ1) is 14.7. The van der Waals surface area contributed by atoms with Crippen molar-refractivity contribution >= 4 is 23.5 Å². The first-order valence-corrected chi connectivity index (χ1v) is 9.55. The van der Waals surface area contributed by atoms with Crippen LogP contribution in [0.4, 0.5) is 13.2 Å².